The Hall–Kier alpha value is -1.98. The van der Waals surface area contributed by atoms with Gasteiger partial charge in [-0.05, 0) is 6.07 Å². The zero-order valence-electron chi connectivity index (χ0n) is 9.93. The zero-order chi connectivity index (χ0) is 12.2. The predicted molar refractivity (Wildman–Crippen MR) is 70.9 cm³/mol. The fourth-order valence-corrected chi connectivity index (χ4v) is 1.94. The van der Waals surface area contributed by atoms with Gasteiger partial charge in [0, 0.05) is 24.8 Å². The number of aromatic nitrogens is 2. The molecule has 5 heteroatoms. The Morgan fingerprint density at radius 3 is 2.61 bits per heavy atom. The molecule has 3 rings (SSSR count). The zero-order valence-corrected chi connectivity index (χ0v) is 9.93. The van der Waals surface area contributed by atoms with Crippen LogP contribution >= 0.6 is 0 Å². The van der Waals surface area contributed by atoms with E-state index < -0.39 is 0 Å². The van der Waals surface area contributed by atoms with Crippen molar-refractivity contribution in [2.75, 3.05) is 18.4 Å². The molecule has 1 saturated heterocycles. The van der Waals surface area contributed by atoms with Crippen LogP contribution in [0, 0.1) is 0 Å². The molecule has 5 nitrogen and oxygen atoms in total. The third-order valence-electron chi connectivity index (χ3n) is 2.86. The van der Waals surface area contributed by atoms with Crippen LogP contribution in [0.2, 0.25) is 0 Å². The Morgan fingerprint density at radius 1 is 1.06 bits per heavy atom. The van der Waals surface area contributed by atoms with E-state index in [2.05, 4.69) is 26.1 Å². The molecule has 1 aromatic heterocycles. The summed E-state index contributed by atoms with van der Waals surface area (Å²) in [5.41, 5.74) is 7.20. The summed E-state index contributed by atoms with van der Waals surface area (Å²) in [7, 11) is 0. The van der Waals surface area contributed by atoms with Crippen molar-refractivity contribution in [2.45, 2.75) is 6.04 Å². The lowest BCUT2D eigenvalue weighted by Crippen LogP contribution is -2.25. The van der Waals surface area contributed by atoms with Gasteiger partial charge in [-0.3, -0.25) is 10.9 Å². The minimum Gasteiger partial charge on any atom is -0.365 e. The molecule has 2 heterocycles. The first-order chi connectivity index (χ1) is 8.92. The van der Waals surface area contributed by atoms with Crippen LogP contribution in [0.1, 0.15) is 0 Å². The number of hydrogen-bond donors (Lipinski definition) is 3. The lowest BCUT2D eigenvalue weighted by molar-refractivity contribution is 0.689. The number of benzene rings is 1. The van der Waals surface area contributed by atoms with Crippen LogP contribution in [-0.2, 0) is 0 Å². The maximum absolute atomic E-state index is 4.53. The minimum atomic E-state index is 0.364. The van der Waals surface area contributed by atoms with Gasteiger partial charge in [0.05, 0.1) is 6.04 Å². The van der Waals surface area contributed by atoms with E-state index in [1.807, 2.05) is 36.4 Å². The highest BCUT2D eigenvalue weighted by atomic mass is 15.4. The topological polar surface area (TPSA) is 61.9 Å². The molecule has 1 fully saturated rings. The normalized spacial score (nSPS) is 15.8. The van der Waals surface area contributed by atoms with Gasteiger partial charge in [-0.15, -0.1) is 0 Å². The maximum atomic E-state index is 4.53. The molecule has 92 valence electrons. The monoisotopic (exact) mass is 241 g/mol. The molecule has 0 unspecified atom stereocenters. The van der Waals surface area contributed by atoms with Crippen molar-refractivity contribution < 1.29 is 0 Å². The summed E-state index contributed by atoms with van der Waals surface area (Å²) in [5, 5.41) is 3.37. The van der Waals surface area contributed by atoms with Crippen LogP contribution in [0.3, 0.4) is 0 Å². The van der Waals surface area contributed by atoms with Gasteiger partial charge >= 0.3 is 0 Å². The smallest absolute Gasteiger partial charge is 0.161 e. The average Bonchev–Trinajstić information content (AvgIpc) is 2.93. The number of rotatable bonds is 3. The molecule has 0 amide bonds. The lowest BCUT2D eigenvalue weighted by atomic mass is 10.2. The lowest BCUT2D eigenvalue weighted by Gasteiger charge is -2.11. The van der Waals surface area contributed by atoms with Gasteiger partial charge in [0.1, 0.15) is 5.82 Å². The van der Waals surface area contributed by atoms with E-state index in [1.165, 1.54) is 0 Å². The molecule has 18 heavy (non-hydrogen) atoms. The summed E-state index contributed by atoms with van der Waals surface area (Å²) in [5.74, 6) is 1.61. The highest BCUT2D eigenvalue weighted by Gasteiger charge is 2.14. The highest BCUT2D eigenvalue weighted by molar-refractivity contribution is 5.56. The predicted octanol–water partition coefficient (Wildman–Crippen LogP) is 1.03. The summed E-state index contributed by atoms with van der Waals surface area (Å²) < 4.78 is 0. The second-order valence-corrected chi connectivity index (χ2v) is 4.23. The fourth-order valence-electron chi connectivity index (χ4n) is 1.94. The maximum Gasteiger partial charge on any atom is 0.161 e. The molecule has 0 spiro atoms. The summed E-state index contributed by atoms with van der Waals surface area (Å²) in [6, 6.07) is 12.2. The van der Waals surface area contributed by atoms with Crippen LogP contribution < -0.4 is 16.2 Å². The first-order valence-corrected chi connectivity index (χ1v) is 6.02. The second-order valence-electron chi connectivity index (χ2n) is 4.23. The van der Waals surface area contributed by atoms with Gasteiger partial charge in [0.15, 0.2) is 5.82 Å². The van der Waals surface area contributed by atoms with Crippen molar-refractivity contribution in [1.29, 1.82) is 0 Å². The van der Waals surface area contributed by atoms with Crippen LogP contribution in [0.25, 0.3) is 11.4 Å². The van der Waals surface area contributed by atoms with Gasteiger partial charge in [0.2, 0.25) is 0 Å². The molecule has 1 aliphatic rings. The molecule has 2 aromatic rings. The number of hydrazine groups is 1. The summed E-state index contributed by atoms with van der Waals surface area (Å²) in [6.45, 7) is 1.79. The molecule has 3 N–H and O–H groups in total. The van der Waals surface area contributed by atoms with Crippen molar-refractivity contribution in [3.63, 3.8) is 0 Å². The van der Waals surface area contributed by atoms with Crippen LogP contribution in [-0.4, -0.2) is 29.1 Å². The van der Waals surface area contributed by atoms with Crippen molar-refractivity contribution in [1.82, 2.24) is 20.8 Å². The van der Waals surface area contributed by atoms with Crippen molar-refractivity contribution in [3.05, 3.63) is 42.6 Å². The summed E-state index contributed by atoms with van der Waals surface area (Å²) in [4.78, 5) is 8.83. The quantitative estimate of drug-likeness (QED) is 0.749. The van der Waals surface area contributed by atoms with E-state index in [-0.39, 0.29) is 0 Å². The Labute approximate surface area is 106 Å². The molecular formula is C13H15N5. The average molecular weight is 241 g/mol. The molecule has 0 bridgehead atoms. The van der Waals surface area contributed by atoms with E-state index >= 15 is 0 Å². The largest absolute Gasteiger partial charge is 0.365 e. The minimum absolute atomic E-state index is 0.364. The molecule has 1 aliphatic heterocycles. The van der Waals surface area contributed by atoms with Gasteiger partial charge in [-0.2, -0.15) is 0 Å². The first kappa shape index (κ1) is 11.1. The van der Waals surface area contributed by atoms with E-state index in [9.17, 15) is 0 Å². The van der Waals surface area contributed by atoms with Gasteiger partial charge in [0.25, 0.3) is 0 Å². The molecule has 1 aromatic carbocycles. The summed E-state index contributed by atoms with van der Waals surface area (Å²) >= 11 is 0. The molecule has 0 aliphatic carbocycles. The third kappa shape index (κ3) is 2.47. The number of nitrogens with one attached hydrogen (secondary N) is 3. The molecule has 0 radical (unpaired) electrons. The number of nitrogens with zero attached hydrogens (tertiary/aromatic N) is 2. The van der Waals surface area contributed by atoms with E-state index in [1.54, 1.807) is 6.20 Å². The van der Waals surface area contributed by atoms with Crippen molar-refractivity contribution in [3.8, 4) is 11.4 Å². The number of anilines is 1. The van der Waals surface area contributed by atoms with E-state index in [0.717, 1.165) is 30.3 Å². The van der Waals surface area contributed by atoms with Gasteiger partial charge in [-0.1, -0.05) is 30.3 Å². The van der Waals surface area contributed by atoms with E-state index in [0.29, 0.717) is 6.04 Å². The van der Waals surface area contributed by atoms with Crippen LogP contribution in [0.5, 0.6) is 0 Å². The Kier molecular flexibility index (Phi) is 3.16. The third-order valence-corrected chi connectivity index (χ3v) is 2.86. The second kappa shape index (κ2) is 5.12. The SMILES string of the molecule is c1ccc(-c2nccc(NC3CNNC3)n2)cc1. The molecule has 0 atom stereocenters. The summed E-state index contributed by atoms with van der Waals surface area (Å²) in [6.07, 6.45) is 1.79. The van der Waals surface area contributed by atoms with E-state index in [4.69, 9.17) is 0 Å². The first-order valence-electron chi connectivity index (χ1n) is 6.02. The van der Waals surface area contributed by atoms with Gasteiger partial charge < -0.3 is 5.32 Å². The Morgan fingerprint density at radius 2 is 1.83 bits per heavy atom. The van der Waals surface area contributed by atoms with Crippen LogP contribution in [0.4, 0.5) is 5.82 Å². The highest BCUT2D eigenvalue weighted by Crippen LogP contribution is 2.15. The molecular weight excluding hydrogens is 226 g/mol. The fraction of sp³-hybridized carbons (Fsp3) is 0.231. The van der Waals surface area contributed by atoms with Gasteiger partial charge in [-0.25, -0.2) is 9.97 Å². The van der Waals surface area contributed by atoms with Crippen molar-refractivity contribution in [2.24, 2.45) is 0 Å². The van der Waals surface area contributed by atoms with Crippen molar-refractivity contribution >= 4 is 5.82 Å². The number of hydrogen-bond acceptors (Lipinski definition) is 5. The Bertz CT molecular complexity index is 508. The van der Waals surface area contributed by atoms with Crippen LogP contribution in [0.15, 0.2) is 42.6 Å². The molecule has 0 saturated carbocycles. The standard InChI is InChI=1S/C13H15N5/c1-2-4-10(5-3-1)13-14-7-6-12(18-13)17-11-8-15-16-9-11/h1-7,11,15-16H,8-9H2,(H,14,17,18). The Balaban J connectivity index is 1.80.